The Morgan fingerprint density at radius 3 is 2.54 bits per heavy atom. The van der Waals surface area contributed by atoms with Crippen molar-refractivity contribution in [3.05, 3.63) is 71.5 Å². The zero-order valence-electron chi connectivity index (χ0n) is 19.1. The van der Waals surface area contributed by atoms with Gasteiger partial charge in [0.25, 0.3) is 0 Å². The van der Waals surface area contributed by atoms with Gasteiger partial charge in [-0.1, -0.05) is 52.8 Å². The Kier molecular flexibility index (Phi) is 3.06. The molecule has 0 unspecified atom stereocenters. The molecule has 1 aliphatic rings. The zero-order valence-corrected chi connectivity index (χ0v) is 17.1. The molecule has 0 saturated carbocycles. The monoisotopic (exact) mass is 368 g/mol. The van der Waals surface area contributed by atoms with Crippen LogP contribution in [0.25, 0.3) is 32.9 Å². The van der Waals surface area contributed by atoms with Crippen molar-refractivity contribution in [2.24, 2.45) is 5.41 Å². The van der Waals surface area contributed by atoms with Gasteiger partial charge in [0.05, 0.1) is 11.2 Å². The first-order valence-corrected chi connectivity index (χ1v) is 9.85. The summed E-state index contributed by atoms with van der Waals surface area (Å²) < 4.78 is 17.7. The molecular formula is C26H26N2. The number of hydrogen-bond acceptors (Lipinski definition) is 2. The number of pyridine rings is 2. The van der Waals surface area contributed by atoms with Crippen LogP contribution in [0.2, 0.25) is 0 Å². The molecule has 0 spiro atoms. The van der Waals surface area contributed by atoms with Gasteiger partial charge in [0.1, 0.15) is 0 Å². The van der Waals surface area contributed by atoms with Crippen LogP contribution in [-0.2, 0) is 11.8 Å². The van der Waals surface area contributed by atoms with E-state index in [1.54, 1.807) is 0 Å². The van der Waals surface area contributed by atoms with Crippen LogP contribution in [0.3, 0.4) is 0 Å². The van der Waals surface area contributed by atoms with E-state index in [4.69, 9.17) is 7.73 Å². The standard InChI is InChI=1S/C26H26N2/c1-25(2,3)15-16-11-18-8-10-28-24-19-13-17-7-6-9-27-22(17)14-20(19)26(4,5)21(12-16)23(18)24/h6-14H,15H2,1-5H3/i15D2. The molecule has 0 atom stereocenters. The molecule has 2 heterocycles. The summed E-state index contributed by atoms with van der Waals surface area (Å²) in [5, 5.41) is 3.28. The lowest BCUT2D eigenvalue weighted by Crippen LogP contribution is -2.25. The third kappa shape index (κ3) is 2.55. The van der Waals surface area contributed by atoms with E-state index >= 15 is 0 Å². The quantitative estimate of drug-likeness (QED) is 0.374. The Morgan fingerprint density at radius 1 is 0.929 bits per heavy atom. The van der Waals surface area contributed by atoms with Crippen LogP contribution < -0.4 is 0 Å². The zero-order chi connectivity index (χ0) is 21.5. The molecule has 5 rings (SSSR count). The van der Waals surface area contributed by atoms with Gasteiger partial charge in [0.2, 0.25) is 0 Å². The van der Waals surface area contributed by atoms with Crippen molar-refractivity contribution in [1.82, 2.24) is 9.97 Å². The Hall–Kier alpha value is -2.74. The van der Waals surface area contributed by atoms with Gasteiger partial charge in [-0.3, -0.25) is 9.97 Å². The summed E-state index contributed by atoms with van der Waals surface area (Å²) in [4.78, 5) is 9.35. The van der Waals surface area contributed by atoms with E-state index in [0.717, 1.165) is 44.1 Å². The molecule has 1 aliphatic carbocycles. The third-order valence-corrected chi connectivity index (χ3v) is 5.73. The van der Waals surface area contributed by atoms with E-state index in [0.29, 0.717) is 0 Å². The van der Waals surface area contributed by atoms with Gasteiger partial charge in [-0.05, 0) is 58.1 Å². The van der Waals surface area contributed by atoms with Gasteiger partial charge in [-0.2, -0.15) is 0 Å². The van der Waals surface area contributed by atoms with Crippen molar-refractivity contribution in [2.75, 3.05) is 0 Å². The fraction of sp³-hybridized carbons (Fsp3) is 0.308. The molecule has 28 heavy (non-hydrogen) atoms. The smallest absolute Gasteiger partial charge is 0.0786 e. The Morgan fingerprint density at radius 2 is 1.75 bits per heavy atom. The van der Waals surface area contributed by atoms with Crippen molar-refractivity contribution in [2.45, 2.75) is 46.4 Å². The predicted octanol–water partition coefficient (Wildman–Crippen LogP) is 6.68. The molecule has 140 valence electrons. The molecule has 0 amide bonds. The van der Waals surface area contributed by atoms with Crippen LogP contribution in [0.5, 0.6) is 0 Å². The first kappa shape index (κ1) is 15.2. The summed E-state index contributed by atoms with van der Waals surface area (Å²) >= 11 is 0. The van der Waals surface area contributed by atoms with E-state index in [1.807, 2.05) is 51.4 Å². The minimum absolute atomic E-state index is 0.292. The third-order valence-electron chi connectivity index (χ3n) is 5.73. The second-order valence-electron chi connectivity index (χ2n) is 9.38. The molecule has 0 radical (unpaired) electrons. The highest BCUT2D eigenvalue weighted by Gasteiger charge is 2.35. The maximum Gasteiger partial charge on any atom is 0.0786 e. The predicted molar refractivity (Wildman–Crippen MR) is 118 cm³/mol. The average molecular weight is 369 g/mol. The van der Waals surface area contributed by atoms with Crippen LogP contribution in [0, 0.1) is 5.41 Å². The topological polar surface area (TPSA) is 25.8 Å². The van der Waals surface area contributed by atoms with Crippen LogP contribution >= 0.6 is 0 Å². The molecule has 2 aromatic heterocycles. The Balaban J connectivity index is 1.90. The van der Waals surface area contributed by atoms with Gasteiger partial charge in [-0.25, -0.2) is 0 Å². The summed E-state index contributed by atoms with van der Waals surface area (Å²) in [5.41, 5.74) is 5.34. The molecule has 2 heteroatoms. The van der Waals surface area contributed by atoms with E-state index < -0.39 is 11.8 Å². The molecule has 2 nitrogen and oxygen atoms in total. The van der Waals surface area contributed by atoms with Crippen molar-refractivity contribution in [1.29, 1.82) is 0 Å². The van der Waals surface area contributed by atoms with E-state index in [2.05, 4.69) is 43.1 Å². The maximum absolute atomic E-state index is 8.86. The molecule has 0 fully saturated rings. The van der Waals surface area contributed by atoms with Crippen molar-refractivity contribution in [3.63, 3.8) is 0 Å². The van der Waals surface area contributed by atoms with Crippen molar-refractivity contribution in [3.8, 4) is 11.3 Å². The molecular weight excluding hydrogens is 340 g/mol. The lowest BCUT2D eigenvalue weighted by Gasteiger charge is -2.35. The van der Waals surface area contributed by atoms with Crippen LogP contribution in [-0.4, -0.2) is 9.97 Å². The molecule has 4 aromatic rings. The summed E-state index contributed by atoms with van der Waals surface area (Å²) in [6, 6.07) is 14.5. The average Bonchev–Trinajstić information content (AvgIpc) is 2.69. The summed E-state index contributed by atoms with van der Waals surface area (Å²) in [5.74, 6) is 0. The highest BCUT2D eigenvalue weighted by molar-refractivity contribution is 6.03. The van der Waals surface area contributed by atoms with Crippen LogP contribution in [0.1, 0.15) is 54.1 Å². The van der Waals surface area contributed by atoms with Gasteiger partial charge >= 0.3 is 0 Å². The molecule has 0 N–H and O–H groups in total. The number of aromatic nitrogens is 2. The number of nitrogens with zero attached hydrogens (tertiary/aromatic N) is 2. The normalized spacial score (nSPS) is 16.6. The fourth-order valence-corrected chi connectivity index (χ4v) is 4.50. The highest BCUT2D eigenvalue weighted by Crippen LogP contribution is 2.49. The molecule has 2 aromatic carbocycles. The summed E-state index contributed by atoms with van der Waals surface area (Å²) in [6.07, 6.45) is 2.21. The number of benzene rings is 2. The second kappa shape index (κ2) is 5.64. The van der Waals surface area contributed by atoms with Crippen molar-refractivity contribution < 1.29 is 2.74 Å². The second-order valence-corrected chi connectivity index (χ2v) is 9.38. The maximum atomic E-state index is 8.86. The first-order valence-electron chi connectivity index (χ1n) is 10.9. The number of fused-ring (bicyclic) bond motifs is 3. The summed E-state index contributed by atoms with van der Waals surface area (Å²) in [7, 11) is 0. The first-order chi connectivity index (χ1) is 14.0. The molecule has 0 saturated heterocycles. The lowest BCUT2D eigenvalue weighted by molar-refractivity contribution is 0.411. The minimum atomic E-state index is -1.46. The van der Waals surface area contributed by atoms with E-state index in [9.17, 15) is 0 Å². The minimum Gasteiger partial charge on any atom is -0.256 e. The van der Waals surface area contributed by atoms with Crippen molar-refractivity contribution >= 4 is 21.7 Å². The number of rotatable bonds is 1. The highest BCUT2D eigenvalue weighted by atomic mass is 14.7. The SMILES string of the molecule is [2H]C([2H])(c1cc2c3c(nccc3c1)-c1cc3cccnc3cc1C2(C)C)C(C)(C)C. The van der Waals surface area contributed by atoms with Crippen LogP contribution in [0.4, 0.5) is 0 Å². The van der Waals surface area contributed by atoms with Gasteiger partial charge in [-0.15, -0.1) is 0 Å². The van der Waals surface area contributed by atoms with Gasteiger partial charge in [0, 0.05) is 36.9 Å². The van der Waals surface area contributed by atoms with Gasteiger partial charge < -0.3 is 0 Å². The van der Waals surface area contributed by atoms with E-state index in [-0.39, 0.29) is 5.41 Å². The largest absolute Gasteiger partial charge is 0.256 e. The number of hydrogen-bond donors (Lipinski definition) is 0. The van der Waals surface area contributed by atoms with Gasteiger partial charge in [0.15, 0.2) is 0 Å². The van der Waals surface area contributed by atoms with E-state index in [1.165, 1.54) is 5.56 Å². The summed E-state index contributed by atoms with van der Waals surface area (Å²) in [6.45, 7) is 10.3. The lowest BCUT2D eigenvalue weighted by atomic mass is 9.68. The molecule has 0 aliphatic heterocycles. The van der Waals surface area contributed by atoms with Crippen LogP contribution in [0.15, 0.2) is 54.9 Å². The Labute approximate surface area is 169 Å². The molecule has 0 bridgehead atoms. The Bertz CT molecular complexity index is 1330. The fourth-order valence-electron chi connectivity index (χ4n) is 4.50.